The topological polar surface area (TPSA) is 15.3 Å². The highest BCUT2D eigenvalue weighted by atomic mass is 79.9. The van der Waals surface area contributed by atoms with E-state index < -0.39 is 0 Å². The zero-order valence-corrected chi connectivity index (χ0v) is 14.1. The molecule has 0 aliphatic carbocycles. The predicted octanol–water partition coefficient (Wildman–Crippen LogP) is 3.94. The van der Waals surface area contributed by atoms with Gasteiger partial charge in [0.25, 0.3) is 0 Å². The van der Waals surface area contributed by atoms with E-state index in [4.69, 9.17) is 0 Å². The third-order valence-corrected chi connectivity index (χ3v) is 5.36. The Labute approximate surface area is 129 Å². The van der Waals surface area contributed by atoms with Crippen molar-refractivity contribution in [3.05, 3.63) is 34.1 Å². The van der Waals surface area contributed by atoms with E-state index in [9.17, 15) is 4.39 Å². The SMILES string of the molecule is CCC1(C)CN(Cc2cccc(F)c2Br)C(C)CCN1. The van der Waals surface area contributed by atoms with Crippen LogP contribution in [0.4, 0.5) is 4.39 Å². The lowest BCUT2D eigenvalue weighted by atomic mass is 9.98. The van der Waals surface area contributed by atoms with Crippen LogP contribution in [0, 0.1) is 5.82 Å². The summed E-state index contributed by atoms with van der Waals surface area (Å²) >= 11 is 3.37. The van der Waals surface area contributed by atoms with Crippen LogP contribution in [-0.4, -0.2) is 29.6 Å². The first kappa shape index (κ1) is 15.9. The number of benzene rings is 1. The number of halogens is 2. The van der Waals surface area contributed by atoms with Gasteiger partial charge in [0.15, 0.2) is 0 Å². The van der Waals surface area contributed by atoms with E-state index in [1.165, 1.54) is 6.07 Å². The van der Waals surface area contributed by atoms with Crippen molar-refractivity contribution < 1.29 is 4.39 Å². The molecule has 112 valence electrons. The summed E-state index contributed by atoms with van der Waals surface area (Å²) in [5.74, 6) is -0.179. The Morgan fingerprint density at radius 3 is 2.95 bits per heavy atom. The van der Waals surface area contributed by atoms with Crippen molar-refractivity contribution in [2.24, 2.45) is 0 Å². The first-order valence-corrected chi connectivity index (χ1v) is 8.16. The summed E-state index contributed by atoms with van der Waals surface area (Å²) in [6.07, 6.45) is 2.23. The largest absolute Gasteiger partial charge is 0.310 e. The molecule has 1 N–H and O–H groups in total. The van der Waals surface area contributed by atoms with E-state index >= 15 is 0 Å². The fourth-order valence-corrected chi connectivity index (χ4v) is 3.15. The molecule has 1 aliphatic rings. The quantitative estimate of drug-likeness (QED) is 0.894. The molecular formula is C16H24BrFN2. The molecule has 2 nitrogen and oxygen atoms in total. The highest BCUT2D eigenvalue weighted by Crippen LogP contribution is 2.25. The minimum Gasteiger partial charge on any atom is -0.310 e. The normalized spacial score (nSPS) is 28.4. The van der Waals surface area contributed by atoms with Gasteiger partial charge < -0.3 is 5.32 Å². The van der Waals surface area contributed by atoms with Crippen molar-refractivity contribution in [1.29, 1.82) is 0 Å². The first-order chi connectivity index (χ1) is 9.45. The van der Waals surface area contributed by atoms with E-state index in [1.54, 1.807) is 6.07 Å². The van der Waals surface area contributed by atoms with E-state index in [-0.39, 0.29) is 11.4 Å². The Kier molecular flexibility index (Phi) is 5.21. The second-order valence-corrected chi connectivity index (χ2v) is 6.89. The molecule has 0 spiro atoms. The smallest absolute Gasteiger partial charge is 0.137 e. The van der Waals surface area contributed by atoms with Crippen LogP contribution in [0.2, 0.25) is 0 Å². The molecule has 0 bridgehead atoms. The Hall–Kier alpha value is -0.450. The summed E-state index contributed by atoms with van der Waals surface area (Å²) in [5, 5.41) is 3.65. The second kappa shape index (κ2) is 6.54. The van der Waals surface area contributed by atoms with E-state index in [0.29, 0.717) is 10.5 Å². The molecule has 1 saturated heterocycles. The standard InChI is InChI=1S/C16H24BrFN2/c1-4-16(3)11-20(12(2)8-9-19-16)10-13-6-5-7-14(18)15(13)17/h5-7,12,19H,4,8-11H2,1-3H3. The van der Waals surface area contributed by atoms with E-state index in [2.05, 4.69) is 46.9 Å². The number of nitrogens with zero attached hydrogens (tertiary/aromatic N) is 1. The van der Waals surface area contributed by atoms with Crippen LogP contribution in [0.5, 0.6) is 0 Å². The molecule has 0 radical (unpaired) electrons. The van der Waals surface area contributed by atoms with Gasteiger partial charge in [0, 0.05) is 24.7 Å². The maximum atomic E-state index is 13.7. The molecule has 1 aromatic rings. The number of rotatable bonds is 3. The first-order valence-electron chi connectivity index (χ1n) is 7.37. The molecule has 1 fully saturated rings. The average Bonchev–Trinajstić information content (AvgIpc) is 2.56. The van der Waals surface area contributed by atoms with Gasteiger partial charge in [0.1, 0.15) is 5.82 Å². The van der Waals surface area contributed by atoms with Gasteiger partial charge in [-0.15, -0.1) is 0 Å². The molecule has 2 rings (SSSR count). The van der Waals surface area contributed by atoms with E-state index in [1.807, 2.05) is 6.07 Å². The molecular weight excluding hydrogens is 319 g/mol. The number of hydrogen-bond donors (Lipinski definition) is 1. The van der Waals surface area contributed by atoms with Gasteiger partial charge in [-0.3, -0.25) is 4.90 Å². The number of nitrogens with one attached hydrogen (secondary N) is 1. The van der Waals surface area contributed by atoms with E-state index in [0.717, 1.165) is 38.0 Å². The average molecular weight is 343 g/mol. The van der Waals surface area contributed by atoms with Crippen molar-refractivity contribution in [3.8, 4) is 0 Å². The molecule has 0 amide bonds. The van der Waals surface area contributed by atoms with Gasteiger partial charge in [-0.05, 0) is 60.8 Å². The van der Waals surface area contributed by atoms with Gasteiger partial charge in [0.05, 0.1) is 4.47 Å². The summed E-state index contributed by atoms with van der Waals surface area (Å²) in [6, 6.07) is 5.79. The van der Waals surface area contributed by atoms with Crippen LogP contribution < -0.4 is 5.32 Å². The van der Waals surface area contributed by atoms with Crippen LogP contribution in [0.3, 0.4) is 0 Å². The molecule has 20 heavy (non-hydrogen) atoms. The lowest BCUT2D eigenvalue weighted by molar-refractivity contribution is 0.163. The fraction of sp³-hybridized carbons (Fsp3) is 0.625. The molecule has 4 heteroatoms. The van der Waals surface area contributed by atoms with Crippen molar-refractivity contribution in [2.45, 2.75) is 51.7 Å². The van der Waals surface area contributed by atoms with Gasteiger partial charge in [-0.2, -0.15) is 0 Å². The monoisotopic (exact) mass is 342 g/mol. The zero-order valence-electron chi connectivity index (χ0n) is 12.5. The maximum Gasteiger partial charge on any atom is 0.137 e. The maximum absolute atomic E-state index is 13.7. The summed E-state index contributed by atoms with van der Waals surface area (Å²) in [7, 11) is 0. The Bertz CT molecular complexity index is 466. The van der Waals surface area contributed by atoms with Crippen molar-refractivity contribution in [2.75, 3.05) is 13.1 Å². The Balaban J connectivity index is 2.18. The third kappa shape index (κ3) is 3.60. The molecule has 0 saturated carbocycles. The number of hydrogen-bond acceptors (Lipinski definition) is 2. The van der Waals surface area contributed by atoms with Crippen LogP contribution >= 0.6 is 15.9 Å². The molecule has 1 aliphatic heterocycles. The highest BCUT2D eigenvalue weighted by molar-refractivity contribution is 9.10. The highest BCUT2D eigenvalue weighted by Gasteiger charge is 2.30. The van der Waals surface area contributed by atoms with Gasteiger partial charge >= 0.3 is 0 Å². The van der Waals surface area contributed by atoms with Gasteiger partial charge in [-0.1, -0.05) is 19.1 Å². The summed E-state index contributed by atoms with van der Waals surface area (Å²) in [5.41, 5.74) is 1.17. The van der Waals surface area contributed by atoms with Gasteiger partial charge in [-0.25, -0.2) is 4.39 Å². The lowest BCUT2D eigenvalue weighted by Crippen LogP contribution is -2.49. The fourth-order valence-electron chi connectivity index (χ4n) is 2.76. The zero-order chi connectivity index (χ0) is 14.8. The Morgan fingerprint density at radius 2 is 2.25 bits per heavy atom. The summed E-state index contributed by atoms with van der Waals surface area (Å²) in [6.45, 7) is 9.59. The summed E-state index contributed by atoms with van der Waals surface area (Å²) < 4.78 is 14.3. The van der Waals surface area contributed by atoms with Crippen molar-refractivity contribution >= 4 is 15.9 Å². The van der Waals surface area contributed by atoms with Crippen LogP contribution in [0.25, 0.3) is 0 Å². The Morgan fingerprint density at radius 1 is 1.50 bits per heavy atom. The van der Waals surface area contributed by atoms with Crippen molar-refractivity contribution in [1.82, 2.24) is 10.2 Å². The van der Waals surface area contributed by atoms with Crippen LogP contribution in [0.1, 0.15) is 39.2 Å². The van der Waals surface area contributed by atoms with Gasteiger partial charge in [0.2, 0.25) is 0 Å². The molecule has 0 aromatic heterocycles. The molecule has 2 unspecified atom stereocenters. The minimum absolute atomic E-state index is 0.143. The second-order valence-electron chi connectivity index (χ2n) is 6.10. The summed E-state index contributed by atoms with van der Waals surface area (Å²) in [4.78, 5) is 2.46. The molecule has 1 heterocycles. The van der Waals surface area contributed by atoms with Crippen LogP contribution in [0.15, 0.2) is 22.7 Å². The van der Waals surface area contributed by atoms with Crippen LogP contribution in [-0.2, 0) is 6.54 Å². The lowest BCUT2D eigenvalue weighted by Gasteiger charge is -2.35. The molecule has 2 atom stereocenters. The minimum atomic E-state index is -0.179. The predicted molar refractivity (Wildman–Crippen MR) is 85.3 cm³/mol. The molecule has 1 aromatic carbocycles. The van der Waals surface area contributed by atoms with Crippen molar-refractivity contribution in [3.63, 3.8) is 0 Å². The third-order valence-electron chi connectivity index (χ3n) is 4.47.